The molecule has 1 aromatic carbocycles. The van der Waals surface area contributed by atoms with Gasteiger partial charge < -0.3 is 15.0 Å². The zero-order valence-electron chi connectivity index (χ0n) is 11.4. The fraction of sp³-hybridized carbons (Fsp3) is 0.571. The van der Waals surface area contributed by atoms with E-state index in [-0.39, 0.29) is 0 Å². The number of hydrogen-bond donors (Lipinski definition) is 1. The summed E-state index contributed by atoms with van der Waals surface area (Å²) < 4.78 is 5.54. The molecule has 17 heavy (non-hydrogen) atoms. The van der Waals surface area contributed by atoms with E-state index in [1.807, 2.05) is 14.0 Å². The Morgan fingerprint density at radius 1 is 1.35 bits per heavy atom. The highest BCUT2D eigenvalue weighted by molar-refractivity contribution is 5.52. The third-order valence-electron chi connectivity index (χ3n) is 2.82. The highest BCUT2D eigenvalue weighted by atomic mass is 16.5. The Hall–Kier alpha value is -1.22. The van der Waals surface area contributed by atoms with Gasteiger partial charge in [0.25, 0.3) is 0 Å². The summed E-state index contributed by atoms with van der Waals surface area (Å²) in [6.07, 6.45) is 1.15. The highest BCUT2D eigenvalue weighted by Crippen LogP contribution is 2.23. The van der Waals surface area contributed by atoms with Crippen molar-refractivity contribution in [2.45, 2.75) is 20.3 Å². The normalized spacial score (nSPS) is 10.4. The van der Waals surface area contributed by atoms with Gasteiger partial charge in [-0.2, -0.15) is 0 Å². The first-order valence-corrected chi connectivity index (χ1v) is 6.28. The first kappa shape index (κ1) is 13.8. The third-order valence-corrected chi connectivity index (χ3v) is 2.82. The minimum Gasteiger partial charge on any atom is -0.494 e. The summed E-state index contributed by atoms with van der Waals surface area (Å²) in [5.41, 5.74) is 2.45. The summed E-state index contributed by atoms with van der Waals surface area (Å²) in [6.45, 7) is 6.94. The van der Waals surface area contributed by atoms with Gasteiger partial charge in [-0.15, -0.1) is 0 Å². The van der Waals surface area contributed by atoms with Crippen molar-refractivity contribution in [1.82, 2.24) is 5.32 Å². The predicted molar refractivity (Wildman–Crippen MR) is 74.2 cm³/mol. The van der Waals surface area contributed by atoms with Crippen molar-refractivity contribution in [2.75, 3.05) is 38.7 Å². The first-order chi connectivity index (χ1) is 8.19. The number of ether oxygens (including phenoxy) is 1. The minimum atomic E-state index is 0.720. The zero-order chi connectivity index (χ0) is 12.7. The molecule has 0 bridgehead atoms. The summed E-state index contributed by atoms with van der Waals surface area (Å²) in [7, 11) is 4.12. The van der Waals surface area contributed by atoms with Gasteiger partial charge in [0.15, 0.2) is 0 Å². The lowest BCUT2D eigenvalue weighted by Gasteiger charge is -2.20. The van der Waals surface area contributed by atoms with Crippen molar-refractivity contribution in [3.63, 3.8) is 0 Å². The van der Waals surface area contributed by atoms with Crippen molar-refractivity contribution in [3.05, 3.63) is 23.8 Å². The predicted octanol–water partition coefficient (Wildman–Crippen LogP) is 2.44. The van der Waals surface area contributed by atoms with Gasteiger partial charge in [-0.05, 0) is 57.6 Å². The largest absolute Gasteiger partial charge is 0.494 e. The van der Waals surface area contributed by atoms with E-state index in [9.17, 15) is 0 Å². The molecule has 0 aliphatic carbocycles. The van der Waals surface area contributed by atoms with Crippen molar-refractivity contribution in [3.8, 4) is 5.75 Å². The molecule has 1 rings (SSSR count). The van der Waals surface area contributed by atoms with Crippen molar-refractivity contribution in [2.24, 2.45) is 0 Å². The molecule has 0 spiro atoms. The van der Waals surface area contributed by atoms with Crippen LogP contribution in [-0.4, -0.2) is 33.8 Å². The SMILES string of the molecule is CCOc1ccc(N(C)CCCNC)cc1C. The first-order valence-electron chi connectivity index (χ1n) is 6.28. The molecule has 0 atom stereocenters. The van der Waals surface area contributed by atoms with E-state index in [0.29, 0.717) is 0 Å². The van der Waals surface area contributed by atoms with Crippen LogP contribution in [0.3, 0.4) is 0 Å². The van der Waals surface area contributed by atoms with Gasteiger partial charge in [0.2, 0.25) is 0 Å². The molecule has 0 saturated carbocycles. The molecule has 0 amide bonds. The smallest absolute Gasteiger partial charge is 0.122 e. The van der Waals surface area contributed by atoms with Gasteiger partial charge in [0, 0.05) is 19.3 Å². The van der Waals surface area contributed by atoms with Crippen LogP contribution in [0.2, 0.25) is 0 Å². The molecule has 0 saturated heterocycles. The van der Waals surface area contributed by atoms with Crippen LogP contribution in [0.15, 0.2) is 18.2 Å². The van der Waals surface area contributed by atoms with E-state index in [0.717, 1.165) is 31.9 Å². The molecular formula is C14H24N2O. The molecule has 0 fully saturated rings. The highest BCUT2D eigenvalue weighted by Gasteiger charge is 2.04. The molecule has 0 aliphatic rings. The fourth-order valence-electron chi connectivity index (χ4n) is 1.81. The molecule has 1 aromatic rings. The molecule has 3 nitrogen and oxygen atoms in total. The quantitative estimate of drug-likeness (QED) is 0.736. The zero-order valence-corrected chi connectivity index (χ0v) is 11.4. The maximum Gasteiger partial charge on any atom is 0.122 e. The maximum atomic E-state index is 5.54. The Morgan fingerprint density at radius 3 is 2.71 bits per heavy atom. The van der Waals surface area contributed by atoms with Crippen LogP contribution in [0.1, 0.15) is 18.9 Å². The number of benzene rings is 1. The van der Waals surface area contributed by atoms with E-state index < -0.39 is 0 Å². The molecule has 0 unspecified atom stereocenters. The molecule has 0 aliphatic heterocycles. The Morgan fingerprint density at radius 2 is 2.12 bits per heavy atom. The second kappa shape index (κ2) is 7.17. The topological polar surface area (TPSA) is 24.5 Å². The average Bonchev–Trinajstić information content (AvgIpc) is 2.32. The van der Waals surface area contributed by atoms with Crippen LogP contribution in [0, 0.1) is 6.92 Å². The number of rotatable bonds is 7. The summed E-state index contributed by atoms with van der Waals surface area (Å²) in [5, 5.41) is 3.17. The standard InChI is InChI=1S/C14H24N2O/c1-5-17-14-8-7-13(11-12(14)2)16(4)10-6-9-15-3/h7-8,11,15H,5-6,9-10H2,1-4H3. The Labute approximate surface area is 105 Å². The maximum absolute atomic E-state index is 5.54. The van der Waals surface area contributed by atoms with Crippen molar-refractivity contribution < 1.29 is 4.74 Å². The second-order valence-corrected chi connectivity index (χ2v) is 4.26. The van der Waals surface area contributed by atoms with E-state index >= 15 is 0 Å². The molecule has 1 N–H and O–H groups in total. The van der Waals surface area contributed by atoms with Crippen LogP contribution >= 0.6 is 0 Å². The Balaban J connectivity index is 2.62. The molecule has 0 radical (unpaired) electrons. The van der Waals surface area contributed by atoms with Crippen LogP contribution in [0.4, 0.5) is 5.69 Å². The van der Waals surface area contributed by atoms with Crippen LogP contribution in [0.5, 0.6) is 5.75 Å². The van der Waals surface area contributed by atoms with Gasteiger partial charge in [0.05, 0.1) is 6.61 Å². The van der Waals surface area contributed by atoms with Gasteiger partial charge in [0.1, 0.15) is 5.75 Å². The summed E-state index contributed by atoms with van der Waals surface area (Å²) in [5.74, 6) is 0.986. The number of aryl methyl sites for hydroxylation is 1. The monoisotopic (exact) mass is 236 g/mol. The van der Waals surface area contributed by atoms with E-state index in [1.165, 1.54) is 11.3 Å². The molecule has 96 valence electrons. The van der Waals surface area contributed by atoms with Gasteiger partial charge in [-0.3, -0.25) is 0 Å². The van der Waals surface area contributed by atoms with E-state index in [4.69, 9.17) is 4.74 Å². The van der Waals surface area contributed by atoms with E-state index in [2.05, 4.69) is 42.4 Å². The third kappa shape index (κ3) is 4.27. The van der Waals surface area contributed by atoms with Crippen LogP contribution in [0.25, 0.3) is 0 Å². The number of hydrogen-bond acceptors (Lipinski definition) is 3. The number of nitrogens with zero attached hydrogens (tertiary/aromatic N) is 1. The number of nitrogens with one attached hydrogen (secondary N) is 1. The molecule has 0 aromatic heterocycles. The van der Waals surface area contributed by atoms with Gasteiger partial charge in [-0.1, -0.05) is 0 Å². The van der Waals surface area contributed by atoms with Gasteiger partial charge >= 0.3 is 0 Å². The van der Waals surface area contributed by atoms with Crippen molar-refractivity contribution in [1.29, 1.82) is 0 Å². The molecular weight excluding hydrogens is 212 g/mol. The lowest BCUT2D eigenvalue weighted by Crippen LogP contribution is -2.22. The van der Waals surface area contributed by atoms with Crippen LogP contribution < -0.4 is 15.0 Å². The van der Waals surface area contributed by atoms with Crippen LogP contribution in [-0.2, 0) is 0 Å². The minimum absolute atomic E-state index is 0.720. The molecule has 3 heteroatoms. The lowest BCUT2D eigenvalue weighted by molar-refractivity contribution is 0.338. The summed E-state index contributed by atoms with van der Waals surface area (Å²) in [4.78, 5) is 2.28. The Kier molecular flexibility index (Phi) is 5.84. The fourth-order valence-corrected chi connectivity index (χ4v) is 1.81. The molecule has 0 heterocycles. The second-order valence-electron chi connectivity index (χ2n) is 4.26. The van der Waals surface area contributed by atoms with Gasteiger partial charge in [-0.25, -0.2) is 0 Å². The lowest BCUT2D eigenvalue weighted by atomic mass is 10.2. The average molecular weight is 236 g/mol. The van der Waals surface area contributed by atoms with Crippen molar-refractivity contribution >= 4 is 5.69 Å². The number of anilines is 1. The van der Waals surface area contributed by atoms with E-state index in [1.54, 1.807) is 0 Å². The summed E-state index contributed by atoms with van der Waals surface area (Å²) in [6, 6.07) is 6.37. The Bertz CT molecular complexity index is 339. The summed E-state index contributed by atoms with van der Waals surface area (Å²) >= 11 is 0.